The molecule has 28 heavy (non-hydrogen) atoms. The Bertz CT molecular complexity index is 906. The van der Waals surface area contributed by atoms with E-state index >= 15 is 0 Å². The van der Waals surface area contributed by atoms with Crippen molar-refractivity contribution in [3.05, 3.63) is 60.2 Å². The fraction of sp³-hybridized carbons (Fsp3) is 0.350. The Hall–Kier alpha value is -2.09. The highest BCUT2D eigenvalue weighted by Gasteiger charge is 2.25. The monoisotopic (exact) mass is 423 g/mol. The number of hydrogen-bond donors (Lipinski definition) is 2. The molecule has 1 aliphatic rings. The van der Waals surface area contributed by atoms with E-state index in [-0.39, 0.29) is 29.3 Å². The van der Waals surface area contributed by atoms with Gasteiger partial charge in [0.2, 0.25) is 0 Å². The molecule has 2 unspecified atom stereocenters. The Kier molecular flexibility index (Phi) is 7.46. The van der Waals surface area contributed by atoms with E-state index in [4.69, 9.17) is 0 Å². The number of carbonyl (C=O) groups excluding carboxylic acids is 1. The summed E-state index contributed by atoms with van der Waals surface area (Å²) in [6.07, 6.45) is 0.863. The molecule has 1 saturated heterocycles. The van der Waals surface area contributed by atoms with Gasteiger partial charge in [-0.2, -0.15) is 0 Å². The topological polar surface area (TPSA) is 78.5 Å². The Morgan fingerprint density at radius 3 is 2.54 bits per heavy atom. The van der Waals surface area contributed by atoms with Crippen LogP contribution >= 0.6 is 12.4 Å². The molecule has 2 atom stereocenters. The van der Waals surface area contributed by atoms with E-state index in [2.05, 4.69) is 17.6 Å². The molecule has 152 valence electrons. The van der Waals surface area contributed by atoms with Crippen molar-refractivity contribution in [3.63, 3.8) is 0 Å². The van der Waals surface area contributed by atoms with Gasteiger partial charge in [0.05, 0.1) is 10.6 Å². The molecule has 1 fully saturated rings. The van der Waals surface area contributed by atoms with E-state index in [1.807, 2.05) is 6.07 Å². The van der Waals surface area contributed by atoms with Gasteiger partial charge in [-0.25, -0.2) is 8.42 Å². The molecule has 0 bridgehead atoms. The maximum Gasteiger partial charge on any atom is 0.264 e. The van der Waals surface area contributed by atoms with E-state index in [0.717, 1.165) is 19.5 Å². The van der Waals surface area contributed by atoms with Gasteiger partial charge in [-0.05, 0) is 55.8 Å². The number of carbonyl (C=O) groups is 1. The van der Waals surface area contributed by atoms with Crippen molar-refractivity contribution in [2.75, 3.05) is 24.4 Å². The number of sulfonamides is 1. The van der Waals surface area contributed by atoms with Crippen LogP contribution in [0.15, 0.2) is 59.5 Å². The van der Waals surface area contributed by atoms with Crippen molar-refractivity contribution in [2.45, 2.75) is 24.3 Å². The molecular formula is C20H26ClN3O3S. The van der Waals surface area contributed by atoms with Crippen molar-refractivity contribution < 1.29 is 13.2 Å². The first-order chi connectivity index (χ1) is 12.9. The van der Waals surface area contributed by atoms with Crippen LogP contribution in [0.1, 0.15) is 23.7 Å². The van der Waals surface area contributed by atoms with Gasteiger partial charge >= 0.3 is 0 Å². The Morgan fingerprint density at radius 1 is 1.14 bits per heavy atom. The summed E-state index contributed by atoms with van der Waals surface area (Å²) >= 11 is 0. The average Bonchev–Trinajstić information content (AvgIpc) is 2.70. The molecule has 0 aliphatic carbocycles. The lowest BCUT2D eigenvalue weighted by molar-refractivity contribution is 0.0914. The number of anilines is 1. The third-order valence-corrected chi connectivity index (χ3v) is 6.76. The molecule has 1 aliphatic heterocycles. The minimum absolute atomic E-state index is 0. The first-order valence-corrected chi connectivity index (χ1v) is 10.5. The summed E-state index contributed by atoms with van der Waals surface area (Å²) in [5.74, 6) is 0.0898. The number of para-hydroxylation sites is 1. The van der Waals surface area contributed by atoms with Crippen LogP contribution < -0.4 is 14.9 Å². The van der Waals surface area contributed by atoms with Crippen LogP contribution in [0.25, 0.3) is 0 Å². The zero-order valence-electron chi connectivity index (χ0n) is 16.0. The summed E-state index contributed by atoms with van der Waals surface area (Å²) in [5.41, 5.74) is 0.916. The molecule has 8 heteroatoms. The minimum atomic E-state index is -3.75. The van der Waals surface area contributed by atoms with E-state index in [0.29, 0.717) is 17.2 Å². The third-order valence-electron chi connectivity index (χ3n) is 4.98. The number of piperidine rings is 1. The summed E-state index contributed by atoms with van der Waals surface area (Å²) in [7, 11) is -2.24. The number of hydrogen-bond acceptors (Lipinski definition) is 4. The molecule has 2 aromatic carbocycles. The van der Waals surface area contributed by atoms with Crippen LogP contribution in [0.4, 0.5) is 5.69 Å². The molecule has 1 heterocycles. The molecule has 0 spiro atoms. The first-order valence-electron chi connectivity index (χ1n) is 9.05. The Balaban J connectivity index is 0.00000280. The molecule has 1 amide bonds. The van der Waals surface area contributed by atoms with Gasteiger partial charge in [0.15, 0.2) is 0 Å². The standard InChI is InChI=1S/C20H25N3O3S.ClH/c1-15-14-21-12-11-19(15)22-20(24)16-7-6-10-18(13-16)27(25,26)23(2)17-8-4-3-5-9-17;/h3-10,13,15,19,21H,11-12,14H2,1-2H3,(H,22,24);1H. The summed E-state index contributed by atoms with van der Waals surface area (Å²) in [6.45, 7) is 3.82. The average molecular weight is 424 g/mol. The maximum atomic E-state index is 12.9. The Morgan fingerprint density at radius 2 is 1.86 bits per heavy atom. The molecule has 6 nitrogen and oxygen atoms in total. The lowest BCUT2D eigenvalue weighted by Gasteiger charge is -2.30. The molecule has 0 aromatic heterocycles. The largest absolute Gasteiger partial charge is 0.349 e. The van der Waals surface area contributed by atoms with E-state index in [1.165, 1.54) is 23.5 Å². The second kappa shape index (κ2) is 9.41. The van der Waals surface area contributed by atoms with Crippen molar-refractivity contribution in [3.8, 4) is 0 Å². The van der Waals surface area contributed by atoms with Gasteiger partial charge in [-0.1, -0.05) is 31.2 Å². The predicted molar refractivity (Wildman–Crippen MR) is 114 cm³/mol. The van der Waals surface area contributed by atoms with Gasteiger partial charge in [0, 0.05) is 18.7 Å². The van der Waals surface area contributed by atoms with Gasteiger partial charge in [0.25, 0.3) is 15.9 Å². The number of rotatable bonds is 5. The lowest BCUT2D eigenvalue weighted by Crippen LogP contribution is -2.48. The van der Waals surface area contributed by atoms with E-state index < -0.39 is 10.0 Å². The van der Waals surface area contributed by atoms with Crippen LogP contribution in [0.2, 0.25) is 0 Å². The fourth-order valence-corrected chi connectivity index (χ4v) is 4.45. The maximum absolute atomic E-state index is 12.9. The normalized spacial score (nSPS) is 19.4. The molecule has 0 radical (unpaired) electrons. The molecule has 3 rings (SSSR count). The first kappa shape index (κ1) is 22.2. The summed E-state index contributed by atoms with van der Waals surface area (Å²) in [4.78, 5) is 12.7. The van der Waals surface area contributed by atoms with Crippen molar-refractivity contribution >= 4 is 34.0 Å². The van der Waals surface area contributed by atoms with Crippen LogP contribution in [0.3, 0.4) is 0 Å². The summed E-state index contributed by atoms with van der Waals surface area (Å²) < 4.78 is 27.1. The summed E-state index contributed by atoms with van der Waals surface area (Å²) in [6, 6.07) is 15.1. The SMILES string of the molecule is CC1CNCCC1NC(=O)c1cccc(S(=O)(=O)N(C)c2ccccc2)c1.Cl. The Labute approximate surface area is 172 Å². The number of halogens is 1. The zero-order valence-corrected chi connectivity index (χ0v) is 17.6. The van der Waals surface area contributed by atoms with Crippen LogP contribution in [-0.4, -0.2) is 40.5 Å². The number of amides is 1. The minimum Gasteiger partial charge on any atom is -0.349 e. The van der Waals surface area contributed by atoms with Crippen LogP contribution in [0, 0.1) is 5.92 Å². The highest BCUT2D eigenvalue weighted by molar-refractivity contribution is 7.92. The zero-order chi connectivity index (χ0) is 19.4. The number of benzene rings is 2. The molecule has 2 N–H and O–H groups in total. The quantitative estimate of drug-likeness (QED) is 0.774. The number of nitrogens with one attached hydrogen (secondary N) is 2. The van der Waals surface area contributed by atoms with Crippen molar-refractivity contribution in [1.82, 2.24) is 10.6 Å². The van der Waals surface area contributed by atoms with Gasteiger partial charge in [-0.15, -0.1) is 12.4 Å². The lowest BCUT2D eigenvalue weighted by atomic mass is 9.95. The molecular weight excluding hydrogens is 398 g/mol. The van der Waals surface area contributed by atoms with E-state index in [9.17, 15) is 13.2 Å². The van der Waals surface area contributed by atoms with Crippen LogP contribution in [-0.2, 0) is 10.0 Å². The second-order valence-electron chi connectivity index (χ2n) is 6.89. The van der Waals surface area contributed by atoms with Crippen LogP contribution in [0.5, 0.6) is 0 Å². The van der Waals surface area contributed by atoms with Crippen molar-refractivity contribution in [1.29, 1.82) is 0 Å². The number of nitrogens with zero attached hydrogens (tertiary/aromatic N) is 1. The third kappa shape index (κ3) is 4.84. The highest BCUT2D eigenvalue weighted by atomic mass is 35.5. The van der Waals surface area contributed by atoms with Gasteiger partial charge in [0.1, 0.15) is 0 Å². The predicted octanol–water partition coefficient (Wildman–Crippen LogP) is 2.66. The molecule has 2 aromatic rings. The van der Waals surface area contributed by atoms with Gasteiger partial charge < -0.3 is 10.6 Å². The van der Waals surface area contributed by atoms with Gasteiger partial charge in [-0.3, -0.25) is 9.10 Å². The second-order valence-corrected chi connectivity index (χ2v) is 8.86. The molecule has 0 saturated carbocycles. The smallest absolute Gasteiger partial charge is 0.264 e. The van der Waals surface area contributed by atoms with Crippen molar-refractivity contribution in [2.24, 2.45) is 5.92 Å². The highest BCUT2D eigenvalue weighted by Crippen LogP contribution is 2.22. The van der Waals surface area contributed by atoms with E-state index in [1.54, 1.807) is 36.4 Å². The fourth-order valence-electron chi connectivity index (χ4n) is 3.21. The summed E-state index contributed by atoms with van der Waals surface area (Å²) in [5, 5.41) is 6.34.